The summed E-state index contributed by atoms with van der Waals surface area (Å²) in [6, 6.07) is 1.10. The molecule has 0 N–H and O–H groups in total. The predicted molar refractivity (Wildman–Crippen MR) is 44.7 cm³/mol. The topological polar surface area (TPSA) is 29.5 Å². The largest absolute Gasteiger partial charge is 0.469 e. The molecule has 2 heterocycles. The number of hydrogen-bond donors (Lipinski definition) is 0. The van der Waals surface area contributed by atoms with E-state index in [1.54, 1.807) is 0 Å². The maximum atomic E-state index is 11.3. The smallest absolute Gasteiger partial charge is 0.310 e. The zero-order valence-corrected chi connectivity index (χ0v) is 7.62. The molecule has 0 aromatic rings. The summed E-state index contributed by atoms with van der Waals surface area (Å²) in [5.41, 5.74) is 0. The molecule has 2 aliphatic heterocycles. The summed E-state index contributed by atoms with van der Waals surface area (Å²) >= 11 is 0. The van der Waals surface area contributed by atoms with Crippen molar-refractivity contribution in [1.82, 2.24) is 4.90 Å². The Bertz CT molecular complexity index is 205. The highest BCUT2D eigenvalue weighted by Crippen LogP contribution is 2.40. The van der Waals surface area contributed by atoms with Gasteiger partial charge in [0, 0.05) is 12.1 Å². The summed E-state index contributed by atoms with van der Waals surface area (Å²) in [5, 5.41) is 0. The molecule has 0 aromatic heterocycles. The van der Waals surface area contributed by atoms with E-state index in [0.717, 1.165) is 6.42 Å². The van der Waals surface area contributed by atoms with Gasteiger partial charge in [-0.25, -0.2) is 0 Å². The van der Waals surface area contributed by atoms with E-state index in [9.17, 15) is 4.79 Å². The maximum absolute atomic E-state index is 11.3. The Kier molecular flexibility index (Phi) is 1.83. The van der Waals surface area contributed by atoms with Gasteiger partial charge in [0.25, 0.3) is 0 Å². The van der Waals surface area contributed by atoms with Crippen LogP contribution in [0.1, 0.15) is 19.3 Å². The van der Waals surface area contributed by atoms with Gasteiger partial charge in [0.15, 0.2) is 0 Å². The molecule has 0 saturated carbocycles. The number of ether oxygens (including phenoxy) is 1. The standard InChI is InChI=1S/C9H15NO2/c1-10-6-3-4-8(10)7(5-6)9(11)12-2/h6-8H,3-5H2,1-2H3. The van der Waals surface area contributed by atoms with E-state index in [-0.39, 0.29) is 11.9 Å². The van der Waals surface area contributed by atoms with Crippen LogP contribution in [0.3, 0.4) is 0 Å². The summed E-state index contributed by atoms with van der Waals surface area (Å²) in [7, 11) is 3.60. The molecule has 0 amide bonds. The third kappa shape index (κ3) is 0.959. The fourth-order valence-electron chi connectivity index (χ4n) is 2.67. The molecular weight excluding hydrogens is 154 g/mol. The average Bonchev–Trinajstić information content (AvgIpc) is 2.60. The molecule has 2 aliphatic rings. The first-order valence-electron chi connectivity index (χ1n) is 4.54. The lowest BCUT2D eigenvalue weighted by atomic mass is 9.89. The number of hydrogen-bond acceptors (Lipinski definition) is 3. The van der Waals surface area contributed by atoms with Gasteiger partial charge in [-0.2, -0.15) is 0 Å². The first-order valence-corrected chi connectivity index (χ1v) is 4.54. The second-order valence-electron chi connectivity index (χ2n) is 3.83. The predicted octanol–water partition coefficient (Wildman–Crippen LogP) is 0.642. The Balaban J connectivity index is 2.08. The van der Waals surface area contributed by atoms with Gasteiger partial charge in [-0.3, -0.25) is 9.69 Å². The van der Waals surface area contributed by atoms with Crippen molar-refractivity contribution in [3.63, 3.8) is 0 Å². The minimum absolute atomic E-state index is 0.0194. The Labute approximate surface area is 72.7 Å². The Morgan fingerprint density at radius 1 is 1.50 bits per heavy atom. The van der Waals surface area contributed by atoms with E-state index in [4.69, 9.17) is 4.74 Å². The number of carbonyl (C=O) groups excluding carboxylic acids is 1. The van der Waals surface area contributed by atoms with Crippen LogP contribution in [0.25, 0.3) is 0 Å². The van der Waals surface area contributed by atoms with Crippen molar-refractivity contribution in [2.45, 2.75) is 31.3 Å². The quantitative estimate of drug-likeness (QED) is 0.539. The maximum Gasteiger partial charge on any atom is 0.310 e. The van der Waals surface area contributed by atoms with Gasteiger partial charge in [0.05, 0.1) is 13.0 Å². The second kappa shape index (κ2) is 2.73. The van der Waals surface area contributed by atoms with Gasteiger partial charge in [0.2, 0.25) is 0 Å². The number of fused-ring (bicyclic) bond motifs is 2. The van der Waals surface area contributed by atoms with Gasteiger partial charge < -0.3 is 4.74 Å². The molecule has 0 aliphatic carbocycles. The minimum atomic E-state index is -0.0194. The second-order valence-corrected chi connectivity index (χ2v) is 3.83. The van der Waals surface area contributed by atoms with Gasteiger partial charge in [-0.05, 0) is 26.3 Å². The lowest BCUT2D eigenvalue weighted by molar-refractivity contribution is -0.146. The number of esters is 1. The van der Waals surface area contributed by atoms with Crippen LogP contribution in [-0.2, 0) is 9.53 Å². The van der Waals surface area contributed by atoms with E-state index in [1.165, 1.54) is 20.0 Å². The Hall–Kier alpha value is -0.570. The van der Waals surface area contributed by atoms with Crippen LogP contribution in [-0.4, -0.2) is 37.1 Å². The Morgan fingerprint density at radius 2 is 2.25 bits per heavy atom. The van der Waals surface area contributed by atoms with Crippen LogP contribution in [0.2, 0.25) is 0 Å². The van der Waals surface area contributed by atoms with Crippen molar-refractivity contribution in [2.75, 3.05) is 14.2 Å². The van der Waals surface area contributed by atoms with E-state index >= 15 is 0 Å². The normalized spacial score (nSPS) is 40.3. The molecule has 0 radical (unpaired) electrons. The fourth-order valence-corrected chi connectivity index (χ4v) is 2.67. The summed E-state index contributed by atoms with van der Waals surface area (Å²) in [6.45, 7) is 0. The van der Waals surface area contributed by atoms with Crippen molar-refractivity contribution in [3.05, 3.63) is 0 Å². The van der Waals surface area contributed by atoms with Gasteiger partial charge in [-0.1, -0.05) is 0 Å². The lowest BCUT2D eigenvalue weighted by Crippen LogP contribution is -2.30. The number of methoxy groups -OCH3 is 1. The molecule has 68 valence electrons. The molecule has 2 saturated heterocycles. The van der Waals surface area contributed by atoms with Gasteiger partial charge >= 0.3 is 5.97 Å². The summed E-state index contributed by atoms with van der Waals surface area (Å²) in [4.78, 5) is 13.6. The third-order valence-electron chi connectivity index (χ3n) is 3.39. The van der Waals surface area contributed by atoms with Crippen LogP contribution < -0.4 is 0 Å². The van der Waals surface area contributed by atoms with Crippen LogP contribution in [0.15, 0.2) is 0 Å². The average molecular weight is 169 g/mol. The fraction of sp³-hybridized carbons (Fsp3) is 0.889. The summed E-state index contributed by atoms with van der Waals surface area (Å²) in [6.07, 6.45) is 3.43. The van der Waals surface area contributed by atoms with Crippen molar-refractivity contribution < 1.29 is 9.53 Å². The summed E-state index contributed by atoms with van der Waals surface area (Å²) < 4.78 is 4.77. The zero-order chi connectivity index (χ0) is 8.72. The van der Waals surface area contributed by atoms with Crippen molar-refractivity contribution in [2.24, 2.45) is 5.92 Å². The molecule has 3 atom stereocenters. The van der Waals surface area contributed by atoms with Crippen molar-refractivity contribution >= 4 is 5.97 Å². The molecule has 0 aromatic carbocycles. The summed E-state index contributed by atoms with van der Waals surface area (Å²) in [5.74, 6) is 0.132. The van der Waals surface area contributed by atoms with E-state index in [0.29, 0.717) is 12.1 Å². The minimum Gasteiger partial charge on any atom is -0.469 e. The highest BCUT2D eigenvalue weighted by Gasteiger charge is 2.47. The SMILES string of the molecule is COC(=O)C1CC2CCC1N2C. The first kappa shape index (κ1) is 8.05. The van der Waals surface area contributed by atoms with E-state index < -0.39 is 0 Å². The van der Waals surface area contributed by atoms with E-state index in [2.05, 4.69) is 11.9 Å². The molecule has 2 fully saturated rings. The molecular formula is C9H15NO2. The molecule has 3 nitrogen and oxygen atoms in total. The zero-order valence-electron chi connectivity index (χ0n) is 7.62. The molecule has 12 heavy (non-hydrogen) atoms. The van der Waals surface area contributed by atoms with Crippen molar-refractivity contribution in [3.8, 4) is 0 Å². The highest BCUT2D eigenvalue weighted by molar-refractivity contribution is 5.74. The molecule has 0 spiro atoms. The first-order chi connectivity index (χ1) is 5.74. The number of carbonyl (C=O) groups is 1. The Morgan fingerprint density at radius 3 is 2.67 bits per heavy atom. The van der Waals surface area contributed by atoms with Crippen LogP contribution in [0.4, 0.5) is 0 Å². The molecule has 2 rings (SSSR count). The molecule has 3 heteroatoms. The monoisotopic (exact) mass is 169 g/mol. The van der Waals surface area contributed by atoms with Crippen LogP contribution in [0, 0.1) is 5.92 Å². The molecule has 2 bridgehead atoms. The lowest BCUT2D eigenvalue weighted by Gasteiger charge is -2.18. The van der Waals surface area contributed by atoms with Crippen LogP contribution >= 0.6 is 0 Å². The van der Waals surface area contributed by atoms with Gasteiger partial charge in [0.1, 0.15) is 0 Å². The number of rotatable bonds is 1. The third-order valence-corrected chi connectivity index (χ3v) is 3.39. The number of nitrogens with zero attached hydrogens (tertiary/aromatic N) is 1. The van der Waals surface area contributed by atoms with E-state index in [1.807, 2.05) is 0 Å². The van der Waals surface area contributed by atoms with Gasteiger partial charge in [-0.15, -0.1) is 0 Å². The highest BCUT2D eigenvalue weighted by atomic mass is 16.5. The van der Waals surface area contributed by atoms with Crippen LogP contribution in [0.5, 0.6) is 0 Å². The molecule has 3 unspecified atom stereocenters. The van der Waals surface area contributed by atoms with Crippen molar-refractivity contribution in [1.29, 1.82) is 0 Å².